The van der Waals surface area contributed by atoms with Gasteiger partial charge < -0.3 is 14.2 Å². The van der Waals surface area contributed by atoms with Crippen molar-refractivity contribution >= 4 is 22.9 Å². The Balaban J connectivity index is 1.77. The lowest BCUT2D eigenvalue weighted by atomic mass is 9.99. The monoisotopic (exact) mass is 366 g/mol. The van der Waals surface area contributed by atoms with Crippen LogP contribution in [0.3, 0.4) is 0 Å². The maximum atomic E-state index is 13.0. The molecule has 4 rings (SSSR count). The number of fused-ring (bicyclic) bond motifs is 1. The topological polar surface area (TPSA) is 92.8 Å². The number of nitrogens with zero attached hydrogens (tertiary/aromatic N) is 1. The van der Waals surface area contributed by atoms with E-state index in [1.807, 2.05) is 26.0 Å². The third-order valence-corrected chi connectivity index (χ3v) is 5.13. The van der Waals surface area contributed by atoms with Crippen LogP contribution in [-0.4, -0.2) is 16.8 Å². The van der Waals surface area contributed by atoms with Crippen LogP contribution in [0.15, 0.2) is 50.2 Å². The van der Waals surface area contributed by atoms with Gasteiger partial charge in [0.25, 0.3) is 5.91 Å². The number of rotatable bonds is 3. The van der Waals surface area contributed by atoms with E-state index in [4.69, 9.17) is 8.83 Å². The molecule has 0 spiro atoms. The Hall–Kier alpha value is -3.35. The molecule has 7 heteroatoms. The minimum absolute atomic E-state index is 0.0361. The van der Waals surface area contributed by atoms with Crippen molar-refractivity contribution in [3.05, 3.63) is 69.5 Å². The van der Waals surface area contributed by atoms with Crippen LogP contribution in [0.4, 0.5) is 4.79 Å². The summed E-state index contributed by atoms with van der Waals surface area (Å²) in [4.78, 5) is 38.6. The van der Waals surface area contributed by atoms with Crippen LogP contribution in [0.5, 0.6) is 0 Å². The van der Waals surface area contributed by atoms with E-state index in [1.165, 1.54) is 12.3 Å². The number of hydrogen-bond donors (Lipinski definition) is 1. The second-order valence-corrected chi connectivity index (χ2v) is 6.90. The maximum Gasteiger partial charge on any atom is 0.336 e. The molecule has 1 saturated heterocycles. The van der Waals surface area contributed by atoms with Crippen molar-refractivity contribution in [1.29, 1.82) is 0 Å². The van der Waals surface area contributed by atoms with Crippen LogP contribution in [0.1, 0.15) is 29.4 Å². The van der Waals surface area contributed by atoms with Crippen molar-refractivity contribution in [2.75, 3.05) is 0 Å². The molecule has 1 N–H and O–H groups in total. The zero-order chi connectivity index (χ0) is 19.3. The van der Waals surface area contributed by atoms with E-state index in [0.717, 1.165) is 16.0 Å². The Labute approximate surface area is 154 Å². The van der Waals surface area contributed by atoms with E-state index < -0.39 is 23.1 Å². The molecule has 7 nitrogen and oxygen atoms in total. The van der Waals surface area contributed by atoms with Crippen LogP contribution in [0.2, 0.25) is 0 Å². The van der Waals surface area contributed by atoms with Crippen molar-refractivity contribution in [3.63, 3.8) is 0 Å². The molecule has 0 aliphatic carbocycles. The first-order valence-corrected chi connectivity index (χ1v) is 8.52. The molecule has 1 atom stereocenters. The fourth-order valence-corrected chi connectivity index (χ4v) is 3.40. The molecule has 1 fully saturated rings. The first-order chi connectivity index (χ1) is 12.8. The van der Waals surface area contributed by atoms with E-state index in [2.05, 4.69) is 5.32 Å². The summed E-state index contributed by atoms with van der Waals surface area (Å²) in [5.74, 6) is -0.0834. The average Bonchev–Trinajstić information content (AvgIpc) is 3.23. The van der Waals surface area contributed by atoms with Gasteiger partial charge in [-0.15, -0.1) is 0 Å². The van der Waals surface area contributed by atoms with Crippen molar-refractivity contribution in [3.8, 4) is 0 Å². The first kappa shape index (κ1) is 17.1. The number of carbonyl (C=O) groups excluding carboxylic acids is 2. The third-order valence-electron chi connectivity index (χ3n) is 5.13. The molecule has 27 heavy (non-hydrogen) atoms. The minimum atomic E-state index is -1.28. The lowest BCUT2D eigenvalue weighted by molar-refractivity contribution is -0.132. The number of urea groups is 1. The normalized spacial score (nSPS) is 19.7. The SMILES string of the molecule is Cc1ccc2c(CN3C(=O)N[C@](C)(c4ccco4)C3=O)cc(=O)oc2c1C. The van der Waals surface area contributed by atoms with E-state index in [9.17, 15) is 14.4 Å². The van der Waals surface area contributed by atoms with Gasteiger partial charge in [0, 0.05) is 11.5 Å². The van der Waals surface area contributed by atoms with Gasteiger partial charge in [-0.2, -0.15) is 0 Å². The standard InChI is InChI=1S/C20H18N2O5/c1-11-6-7-14-13(9-16(23)27-17(14)12(11)2)10-22-18(24)20(3,21-19(22)25)15-5-4-8-26-15/h4-9H,10H2,1-3H3,(H,21,25)/t20-/m1/s1. The largest absolute Gasteiger partial charge is 0.466 e. The lowest BCUT2D eigenvalue weighted by Crippen LogP contribution is -2.40. The molecule has 0 radical (unpaired) electrons. The zero-order valence-corrected chi connectivity index (χ0v) is 15.2. The summed E-state index contributed by atoms with van der Waals surface area (Å²) in [7, 11) is 0. The number of carbonyl (C=O) groups is 2. The van der Waals surface area contributed by atoms with Crippen molar-refractivity contribution in [2.24, 2.45) is 0 Å². The van der Waals surface area contributed by atoms with Gasteiger partial charge in [0.15, 0.2) is 5.54 Å². The summed E-state index contributed by atoms with van der Waals surface area (Å²) < 4.78 is 10.7. The predicted molar refractivity (Wildman–Crippen MR) is 97.1 cm³/mol. The van der Waals surface area contributed by atoms with Gasteiger partial charge in [0.05, 0.1) is 12.8 Å². The quantitative estimate of drug-likeness (QED) is 0.568. The molecule has 3 heterocycles. The predicted octanol–water partition coefficient (Wildman–Crippen LogP) is 2.97. The summed E-state index contributed by atoms with van der Waals surface area (Å²) >= 11 is 0. The van der Waals surface area contributed by atoms with Gasteiger partial charge in [0.1, 0.15) is 11.3 Å². The highest BCUT2D eigenvalue weighted by Gasteiger charge is 2.51. The number of nitrogens with one attached hydrogen (secondary N) is 1. The molecule has 2 aromatic heterocycles. The number of imide groups is 1. The van der Waals surface area contributed by atoms with E-state index in [-0.39, 0.29) is 6.54 Å². The van der Waals surface area contributed by atoms with Gasteiger partial charge >= 0.3 is 11.7 Å². The van der Waals surface area contributed by atoms with E-state index >= 15 is 0 Å². The summed E-state index contributed by atoms with van der Waals surface area (Å²) in [6, 6.07) is 7.83. The van der Waals surface area contributed by atoms with Gasteiger partial charge in [-0.3, -0.25) is 9.69 Å². The zero-order valence-electron chi connectivity index (χ0n) is 15.2. The average molecular weight is 366 g/mol. The Bertz CT molecular complexity index is 1130. The Morgan fingerprint density at radius 2 is 1.93 bits per heavy atom. The van der Waals surface area contributed by atoms with Crippen LogP contribution >= 0.6 is 0 Å². The van der Waals surface area contributed by atoms with Gasteiger partial charge in [-0.1, -0.05) is 12.1 Å². The highest BCUT2D eigenvalue weighted by atomic mass is 16.4. The Kier molecular flexibility index (Phi) is 3.69. The summed E-state index contributed by atoms with van der Waals surface area (Å²) in [5, 5.41) is 3.38. The van der Waals surface area contributed by atoms with Crippen LogP contribution in [0.25, 0.3) is 11.0 Å². The number of hydrogen-bond acceptors (Lipinski definition) is 5. The maximum absolute atomic E-state index is 13.0. The highest BCUT2D eigenvalue weighted by molar-refractivity contribution is 6.07. The van der Waals surface area contributed by atoms with Crippen molar-refractivity contribution in [1.82, 2.24) is 10.2 Å². The molecular formula is C20H18N2O5. The van der Waals surface area contributed by atoms with Crippen LogP contribution in [0, 0.1) is 13.8 Å². The van der Waals surface area contributed by atoms with Crippen molar-refractivity contribution in [2.45, 2.75) is 32.9 Å². The van der Waals surface area contributed by atoms with Crippen molar-refractivity contribution < 1.29 is 18.4 Å². The number of furan rings is 1. The number of benzene rings is 1. The van der Waals surface area contributed by atoms with Gasteiger partial charge in [0.2, 0.25) is 0 Å². The number of aryl methyl sites for hydroxylation is 2. The molecule has 138 valence electrons. The molecule has 1 aliphatic rings. The summed E-state index contributed by atoms with van der Waals surface area (Å²) in [6.45, 7) is 5.35. The van der Waals surface area contributed by atoms with Gasteiger partial charge in [-0.25, -0.2) is 9.59 Å². The second kappa shape index (κ2) is 5.84. The van der Waals surface area contributed by atoms with E-state index in [0.29, 0.717) is 22.3 Å². The Morgan fingerprint density at radius 1 is 1.15 bits per heavy atom. The fourth-order valence-electron chi connectivity index (χ4n) is 3.40. The summed E-state index contributed by atoms with van der Waals surface area (Å²) in [6.07, 6.45) is 1.45. The molecule has 3 aromatic rings. The second-order valence-electron chi connectivity index (χ2n) is 6.90. The summed E-state index contributed by atoms with van der Waals surface area (Å²) in [5.41, 5.74) is 1.07. The number of amides is 3. The lowest BCUT2D eigenvalue weighted by Gasteiger charge is -2.19. The molecule has 0 bridgehead atoms. The molecular weight excluding hydrogens is 348 g/mol. The molecule has 0 saturated carbocycles. The highest BCUT2D eigenvalue weighted by Crippen LogP contribution is 2.31. The fraction of sp³-hybridized carbons (Fsp3) is 0.250. The van der Waals surface area contributed by atoms with E-state index in [1.54, 1.807) is 19.1 Å². The smallest absolute Gasteiger partial charge is 0.336 e. The van der Waals surface area contributed by atoms with Crippen LogP contribution < -0.4 is 10.9 Å². The van der Waals surface area contributed by atoms with Crippen LogP contribution in [-0.2, 0) is 16.9 Å². The Morgan fingerprint density at radius 3 is 2.63 bits per heavy atom. The molecule has 3 amide bonds. The third kappa shape index (κ3) is 2.54. The molecule has 1 aliphatic heterocycles. The van der Waals surface area contributed by atoms with Gasteiger partial charge in [-0.05, 0) is 49.6 Å². The molecule has 0 unspecified atom stereocenters. The molecule has 1 aromatic carbocycles. The minimum Gasteiger partial charge on any atom is -0.466 e. The first-order valence-electron chi connectivity index (χ1n) is 8.52.